The Morgan fingerprint density at radius 1 is 1.21 bits per heavy atom. The number of halogens is 1. The van der Waals surface area contributed by atoms with Gasteiger partial charge in [0, 0.05) is 18.2 Å². The Labute approximate surface area is 196 Å². The second-order valence-electron chi connectivity index (χ2n) is 7.92. The molecule has 1 unspecified atom stereocenters. The predicted octanol–water partition coefficient (Wildman–Crippen LogP) is 3.80. The van der Waals surface area contributed by atoms with Crippen LogP contribution in [0.25, 0.3) is 11.4 Å². The lowest BCUT2D eigenvalue weighted by atomic mass is 10.1. The average Bonchev–Trinajstić information content (AvgIpc) is 3.31. The van der Waals surface area contributed by atoms with Crippen molar-refractivity contribution in [2.75, 3.05) is 13.7 Å². The topological polar surface area (TPSA) is 112 Å². The van der Waals surface area contributed by atoms with Crippen LogP contribution in [0.3, 0.4) is 0 Å². The van der Waals surface area contributed by atoms with Crippen molar-refractivity contribution >= 4 is 16.0 Å². The summed E-state index contributed by atoms with van der Waals surface area (Å²) in [6.07, 6.45) is 2.51. The molecule has 2 heterocycles. The van der Waals surface area contributed by atoms with Gasteiger partial charge in [-0.15, -0.1) is 0 Å². The van der Waals surface area contributed by atoms with Crippen LogP contribution >= 0.6 is 0 Å². The average molecular weight is 490 g/mol. The number of carbonyl (C=O) groups is 1. The van der Waals surface area contributed by atoms with Crippen LogP contribution in [-0.4, -0.2) is 48.5 Å². The minimum atomic E-state index is -3.87. The van der Waals surface area contributed by atoms with E-state index in [2.05, 4.69) is 10.1 Å². The number of aromatic nitrogens is 2. The van der Waals surface area contributed by atoms with Crippen molar-refractivity contribution < 1.29 is 31.6 Å². The van der Waals surface area contributed by atoms with Gasteiger partial charge in [0.05, 0.1) is 12.7 Å². The van der Waals surface area contributed by atoms with Crippen molar-refractivity contribution in [3.63, 3.8) is 0 Å². The number of piperidine rings is 1. The second kappa shape index (κ2) is 9.90. The van der Waals surface area contributed by atoms with Crippen LogP contribution in [0.5, 0.6) is 5.75 Å². The first-order chi connectivity index (χ1) is 16.3. The van der Waals surface area contributed by atoms with E-state index in [-0.39, 0.29) is 40.6 Å². The van der Waals surface area contributed by atoms with Gasteiger partial charge in [-0.25, -0.2) is 17.6 Å². The van der Waals surface area contributed by atoms with Crippen LogP contribution < -0.4 is 4.74 Å². The maximum Gasteiger partial charge on any atom is 0.338 e. The summed E-state index contributed by atoms with van der Waals surface area (Å²) in [5.74, 6) is -0.741. The van der Waals surface area contributed by atoms with Gasteiger partial charge < -0.3 is 14.0 Å². The van der Waals surface area contributed by atoms with Crippen molar-refractivity contribution in [1.82, 2.24) is 14.4 Å². The molecule has 9 nitrogen and oxygen atoms in total. The summed E-state index contributed by atoms with van der Waals surface area (Å²) in [5.41, 5.74) is 0.585. The lowest BCUT2D eigenvalue weighted by Gasteiger charge is -2.32. The normalized spacial score (nSPS) is 16.9. The number of carbonyl (C=O) groups excluding carboxylic acids is 1. The largest absolute Gasteiger partial charge is 0.495 e. The number of nitrogens with zero attached hydrogens (tertiary/aromatic N) is 3. The molecule has 1 fully saturated rings. The monoisotopic (exact) mass is 489 g/mol. The highest BCUT2D eigenvalue weighted by molar-refractivity contribution is 7.89. The van der Waals surface area contributed by atoms with E-state index in [1.54, 1.807) is 0 Å². The molecular formula is C23H24FN3O6S. The van der Waals surface area contributed by atoms with Crippen molar-refractivity contribution in [2.45, 2.75) is 43.7 Å². The molecule has 4 rings (SSSR count). The van der Waals surface area contributed by atoms with Crippen LogP contribution in [-0.2, 0) is 21.4 Å². The molecule has 1 saturated heterocycles. The third-order valence-corrected chi connectivity index (χ3v) is 7.66. The molecule has 180 valence electrons. The standard InChI is InChI=1S/C23H24FN3O6S/c1-15-5-3-4-12-27(15)34(29,30)20-13-17(8-11-19(20)31-2)23(28)32-14-21-25-22(26-33-21)16-6-9-18(24)10-7-16/h6-11,13,15H,3-5,12,14H2,1-2H3. The molecule has 0 bridgehead atoms. The zero-order valence-corrected chi connectivity index (χ0v) is 19.5. The second-order valence-corrected chi connectivity index (χ2v) is 9.78. The van der Waals surface area contributed by atoms with E-state index in [0.29, 0.717) is 12.1 Å². The molecule has 3 aromatic rings. The van der Waals surface area contributed by atoms with Gasteiger partial charge in [0.2, 0.25) is 15.8 Å². The summed E-state index contributed by atoms with van der Waals surface area (Å²) in [7, 11) is -2.50. The summed E-state index contributed by atoms with van der Waals surface area (Å²) < 4.78 is 56.8. The Bertz CT molecular complexity index is 1280. The Kier molecular flexibility index (Phi) is 6.94. The zero-order valence-electron chi connectivity index (χ0n) is 18.7. The number of ether oxygens (including phenoxy) is 2. The Balaban J connectivity index is 1.50. The molecule has 2 aromatic carbocycles. The van der Waals surface area contributed by atoms with Crippen molar-refractivity contribution in [1.29, 1.82) is 0 Å². The minimum Gasteiger partial charge on any atom is -0.495 e. The fourth-order valence-corrected chi connectivity index (χ4v) is 5.68. The molecule has 1 aliphatic rings. The van der Waals surface area contributed by atoms with E-state index < -0.39 is 21.8 Å². The molecular weight excluding hydrogens is 465 g/mol. The molecule has 34 heavy (non-hydrogen) atoms. The highest BCUT2D eigenvalue weighted by Gasteiger charge is 2.33. The van der Waals surface area contributed by atoms with Crippen molar-refractivity contribution in [2.24, 2.45) is 0 Å². The quantitative estimate of drug-likeness (QED) is 0.461. The van der Waals surface area contributed by atoms with Crippen LogP contribution in [0.2, 0.25) is 0 Å². The molecule has 0 N–H and O–H groups in total. The van der Waals surface area contributed by atoms with E-state index in [0.717, 1.165) is 19.3 Å². The van der Waals surface area contributed by atoms with Crippen molar-refractivity contribution in [3.8, 4) is 17.1 Å². The molecule has 1 atom stereocenters. The number of sulfonamides is 1. The summed E-state index contributed by atoms with van der Waals surface area (Å²) in [5, 5.41) is 3.79. The van der Waals surface area contributed by atoms with E-state index >= 15 is 0 Å². The summed E-state index contributed by atoms with van der Waals surface area (Å²) in [6.45, 7) is 1.96. The van der Waals surface area contributed by atoms with Crippen LogP contribution in [0.1, 0.15) is 42.4 Å². The highest BCUT2D eigenvalue weighted by atomic mass is 32.2. The smallest absolute Gasteiger partial charge is 0.338 e. The summed E-state index contributed by atoms with van der Waals surface area (Å²) in [6, 6.07) is 9.50. The lowest BCUT2D eigenvalue weighted by Crippen LogP contribution is -2.42. The van der Waals surface area contributed by atoms with Gasteiger partial charge in [0.15, 0.2) is 6.61 Å². The van der Waals surface area contributed by atoms with Gasteiger partial charge in [-0.3, -0.25) is 0 Å². The van der Waals surface area contributed by atoms with Crippen molar-refractivity contribution in [3.05, 3.63) is 59.7 Å². The molecule has 0 spiro atoms. The summed E-state index contributed by atoms with van der Waals surface area (Å²) >= 11 is 0. The molecule has 0 amide bonds. The SMILES string of the molecule is COc1ccc(C(=O)OCc2nc(-c3ccc(F)cc3)no2)cc1S(=O)(=O)N1CCCCC1C. The van der Waals surface area contributed by atoms with E-state index in [9.17, 15) is 17.6 Å². The fourth-order valence-electron chi connectivity index (χ4n) is 3.80. The molecule has 1 aliphatic heterocycles. The molecule has 1 aromatic heterocycles. The Morgan fingerprint density at radius 3 is 2.68 bits per heavy atom. The lowest BCUT2D eigenvalue weighted by molar-refractivity contribution is 0.0429. The first-order valence-corrected chi connectivity index (χ1v) is 12.2. The van der Waals surface area contributed by atoms with E-state index in [1.807, 2.05) is 6.92 Å². The maximum absolute atomic E-state index is 13.3. The number of esters is 1. The number of rotatable bonds is 7. The number of methoxy groups -OCH3 is 1. The van der Waals surface area contributed by atoms with Gasteiger partial charge in [0.25, 0.3) is 5.89 Å². The third-order valence-electron chi connectivity index (χ3n) is 5.63. The van der Waals surface area contributed by atoms with E-state index in [4.69, 9.17) is 14.0 Å². The number of hydrogen-bond donors (Lipinski definition) is 0. The Morgan fingerprint density at radius 2 is 1.97 bits per heavy atom. The van der Waals surface area contributed by atoms with Gasteiger partial charge in [-0.05, 0) is 62.2 Å². The van der Waals surface area contributed by atoms with Crippen LogP contribution in [0.15, 0.2) is 51.9 Å². The van der Waals surface area contributed by atoms with Gasteiger partial charge in [0.1, 0.15) is 16.5 Å². The molecule has 0 saturated carbocycles. The first-order valence-electron chi connectivity index (χ1n) is 10.7. The predicted molar refractivity (Wildman–Crippen MR) is 119 cm³/mol. The highest BCUT2D eigenvalue weighted by Crippen LogP contribution is 2.32. The fraction of sp³-hybridized carbons (Fsp3) is 0.348. The van der Waals surface area contributed by atoms with Crippen LogP contribution in [0, 0.1) is 5.82 Å². The number of benzene rings is 2. The van der Waals surface area contributed by atoms with Gasteiger partial charge in [-0.1, -0.05) is 11.6 Å². The molecule has 11 heteroatoms. The molecule has 0 aliphatic carbocycles. The minimum absolute atomic E-state index is 0.0381. The van der Waals surface area contributed by atoms with Gasteiger partial charge in [-0.2, -0.15) is 9.29 Å². The van der Waals surface area contributed by atoms with Gasteiger partial charge >= 0.3 is 5.97 Å². The summed E-state index contributed by atoms with van der Waals surface area (Å²) in [4.78, 5) is 16.7. The van der Waals surface area contributed by atoms with Crippen LogP contribution in [0.4, 0.5) is 4.39 Å². The third kappa shape index (κ3) is 4.95. The van der Waals surface area contributed by atoms with E-state index in [1.165, 1.54) is 53.9 Å². The number of hydrogen-bond acceptors (Lipinski definition) is 8. The first kappa shape index (κ1) is 23.8. The Hall–Kier alpha value is -3.31. The maximum atomic E-state index is 13.3. The zero-order chi connectivity index (χ0) is 24.3. The molecule has 0 radical (unpaired) electrons.